The topological polar surface area (TPSA) is 82.6 Å². The van der Waals surface area contributed by atoms with Crippen molar-refractivity contribution >= 4 is 11.7 Å². The number of nitrogens with one attached hydrogen (secondary N) is 3. The van der Waals surface area contributed by atoms with Gasteiger partial charge in [-0.25, -0.2) is 4.79 Å². The van der Waals surface area contributed by atoms with Crippen molar-refractivity contribution < 1.29 is 14.6 Å². The SMILES string of the molecule is CCOCNCNC(=O)Nc1ccc(O)cc1. The van der Waals surface area contributed by atoms with Gasteiger partial charge in [0.05, 0.1) is 13.4 Å². The number of hydrogen-bond donors (Lipinski definition) is 4. The van der Waals surface area contributed by atoms with Gasteiger partial charge in [-0.05, 0) is 31.2 Å². The highest BCUT2D eigenvalue weighted by atomic mass is 16.5. The fraction of sp³-hybridized carbons (Fsp3) is 0.364. The summed E-state index contributed by atoms with van der Waals surface area (Å²) < 4.78 is 5.04. The van der Waals surface area contributed by atoms with E-state index < -0.39 is 0 Å². The standard InChI is InChI=1S/C11H17N3O3/c1-2-17-8-12-7-13-11(16)14-9-3-5-10(15)6-4-9/h3-6,12,15H,2,7-8H2,1H3,(H2,13,14,16). The van der Waals surface area contributed by atoms with Gasteiger partial charge in [-0.15, -0.1) is 0 Å². The van der Waals surface area contributed by atoms with Crippen LogP contribution >= 0.6 is 0 Å². The minimum absolute atomic E-state index is 0.161. The van der Waals surface area contributed by atoms with E-state index in [2.05, 4.69) is 16.0 Å². The second-order valence-electron chi connectivity index (χ2n) is 3.24. The summed E-state index contributed by atoms with van der Waals surface area (Å²) in [6, 6.07) is 5.91. The summed E-state index contributed by atoms with van der Waals surface area (Å²) in [4.78, 5) is 11.4. The number of anilines is 1. The van der Waals surface area contributed by atoms with Crippen LogP contribution in [0.2, 0.25) is 0 Å². The van der Waals surface area contributed by atoms with E-state index in [-0.39, 0.29) is 11.8 Å². The summed E-state index contributed by atoms with van der Waals surface area (Å²) in [6.07, 6.45) is 0. The zero-order chi connectivity index (χ0) is 12.5. The van der Waals surface area contributed by atoms with Gasteiger partial charge in [0, 0.05) is 12.3 Å². The number of carbonyl (C=O) groups excluding carboxylic acids is 1. The third-order valence-electron chi connectivity index (χ3n) is 1.91. The Kier molecular flexibility index (Phi) is 5.84. The van der Waals surface area contributed by atoms with Crippen LogP contribution in [0.4, 0.5) is 10.5 Å². The first-order valence-corrected chi connectivity index (χ1v) is 5.34. The average molecular weight is 239 g/mol. The van der Waals surface area contributed by atoms with Gasteiger partial charge >= 0.3 is 6.03 Å². The fourth-order valence-corrected chi connectivity index (χ4v) is 1.09. The summed E-state index contributed by atoms with van der Waals surface area (Å²) in [5, 5.41) is 17.2. The Hall–Kier alpha value is -1.79. The Bertz CT molecular complexity index is 340. The number of amides is 2. The van der Waals surface area contributed by atoms with Crippen LogP contribution in [0.5, 0.6) is 5.75 Å². The second-order valence-corrected chi connectivity index (χ2v) is 3.24. The number of rotatable bonds is 6. The zero-order valence-electron chi connectivity index (χ0n) is 9.69. The van der Waals surface area contributed by atoms with E-state index in [1.165, 1.54) is 12.1 Å². The minimum atomic E-state index is -0.320. The van der Waals surface area contributed by atoms with Crippen molar-refractivity contribution in [3.8, 4) is 5.75 Å². The molecule has 1 aromatic rings. The molecule has 0 fully saturated rings. The van der Waals surface area contributed by atoms with E-state index in [0.717, 1.165) is 0 Å². The quantitative estimate of drug-likeness (QED) is 0.340. The molecule has 0 atom stereocenters. The molecule has 0 unspecified atom stereocenters. The summed E-state index contributed by atoms with van der Waals surface area (Å²) >= 11 is 0. The molecular formula is C11H17N3O3. The predicted octanol–water partition coefficient (Wildman–Crippen LogP) is 1.05. The van der Waals surface area contributed by atoms with Gasteiger partial charge in [0.15, 0.2) is 0 Å². The van der Waals surface area contributed by atoms with Crippen LogP contribution in [0.25, 0.3) is 0 Å². The first-order chi connectivity index (χ1) is 8.22. The van der Waals surface area contributed by atoms with Crippen molar-refractivity contribution in [2.75, 3.05) is 25.3 Å². The molecule has 0 heterocycles. The molecule has 17 heavy (non-hydrogen) atoms. The lowest BCUT2D eigenvalue weighted by molar-refractivity contribution is 0.128. The van der Waals surface area contributed by atoms with Crippen LogP contribution in [0.3, 0.4) is 0 Å². The molecule has 0 aliphatic rings. The zero-order valence-corrected chi connectivity index (χ0v) is 9.69. The molecule has 0 radical (unpaired) electrons. The van der Waals surface area contributed by atoms with E-state index in [1.54, 1.807) is 12.1 Å². The van der Waals surface area contributed by atoms with Crippen molar-refractivity contribution in [3.05, 3.63) is 24.3 Å². The van der Waals surface area contributed by atoms with Gasteiger partial charge in [0.25, 0.3) is 0 Å². The lowest BCUT2D eigenvalue weighted by Gasteiger charge is -2.08. The number of aromatic hydroxyl groups is 1. The molecule has 0 aromatic heterocycles. The van der Waals surface area contributed by atoms with Gasteiger partial charge in [-0.1, -0.05) is 0 Å². The van der Waals surface area contributed by atoms with E-state index in [4.69, 9.17) is 9.84 Å². The molecule has 1 aromatic carbocycles. The molecule has 0 spiro atoms. The van der Waals surface area contributed by atoms with Crippen molar-refractivity contribution in [1.82, 2.24) is 10.6 Å². The highest BCUT2D eigenvalue weighted by Gasteiger charge is 1.99. The highest BCUT2D eigenvalue weighted by molar-refractivity contribution is 5.89. The summed E-state index contributed by atoms with van der Waals surface area (Å²) in [6.45, 7) is 3.25. The van der Waals surface area contributed by atoms with Crippen molar-refractivity contribution in [3.63, 3.8) is 0 Å². The lowest BCUT2D eigenvalue weighted by atomic mass is 10.3. The molecule has 1 rings (SSSR count). The summed E-state index contributed by atoms with van der Waals surface area (Å²) in [7, 11) is 0. The molecule has 6 nitrogen and oxygen atoms in total. The van der Waals surface area contributed by atoms with E-state index in [1.807, 2.05) is 6.92 Å². The maximum absolute atomic E-state index is 11.4. The van der Waals surface area contributed by atoms with Crippen molar-refractivity contribution in [1.29, 1.82) is 0 Å². The molecule has 0 saturated carbocycles. The van der Waals surface area contributed by atoms with Crippen LogP contribution < -0.4 is 16.0 Å². The molecule has 94 valence electrons. The van der Waals surface area contributed by atoms with Gasteiger partial charge in [0.1, 0.15) is 5.75 Å². The number of ether oxygens (including phenoxy) is 1. The maximum Gasteiger partial charge on any atom is 0.320 e. The molecule has 0 aliphatic carbocycles. The van der Waals surface area contributed by atoms with Crippen LogP contribution in [0.15, 0.2) is 24.3 Å². The molecule has 6 heteroatoms. The van der Waals surface area contributed by atoms with Crippen LogP contribution in [-0.4, -0.2) is 31.1 Å². The number of urea groups is 1. The monoisotopic (exact) mass is 239 g/mol. The largest absolute Gasteiger partial charge is 0.508 e. The normalized spacial score (nSPS) is 9.94. The number of phenols is 1. The first-order valence-electron chi connectivity index (χ1n) is 5.34. The van der Waals surface area contributed by atoms with Crippen molar-refractivity contribution in [2.24, 2.45) is 0 Å². The maximum atomic E-state index is 11.4. The van der Waals surface area contributed by atoms with Gasteiger partial charge in [-0.3, -0.25) is 5.32 Å². The number of hydrogen-bond acceptors (Lipinski definition) is 4. The third kappa shape index (κ3) is 5.74. The fourth-order valence-electron chi connectivity index (χ4n) is 1.09. The molecular weight excluding hydrogens is 222 g/mol. The Morgan fingerprint density at radius 3 is 2.71 bits per heavy atom. The third-order valence-corrected chi connectivity index (χ3v) is 1.91. The smallest absolute Gasteiger partial charge is 0.320 e. The predicted molar refractivity (Wildman–Crippen MR) is 64.8 cm³/mol. The Morgan fingerprint density at radius 1 is 1.35 bits per heavy atom. The number of phenolic OH excluding ortho intramolecular Hbond substituents is 1. The van der Waals surface area contributed by atoms with E-state index in [9.17, 15) is 4.79 Å². The molecule has 0 bridgehead atoms. The molecule has 2 amide bonds. The number of benzene rings is 1. The summed E-state index contributed by atoms with van der Waals surface area (Å²) in [5.74, 6) is 0.161. The molecule has 0 saturated heterocycles. The second kappa shape index (κ2) is 7.48. The lowest BCUT2D eigenvalue weighted by Crippen LogP contribution is -2.37. The van der Waals surface area contributed by atoms with Gasteiger partial charge in [-0.2, -0.15) is 0 Å². The minimum Gasteiger partial charge on any atom is -0.508 e. The van der Waals surface area contributed by atoms with Gasteiger partial charge < -0.3 is 20.5 Å². The van der Waals surface area contributed by atoms with E-state index in [0.29, 0.717) is 25.7 Å². The Labute approximate surface area is 100.0 Å². The first kappa shape index (κ1) is 13.3. The van der Waals surface area contributed by atoms with Gasteiger partial charge in [0.2, 0.25) is 0 Å². The van der Waals surface area contributed by atoms with E-state index >= 15 is 0 Å². The van der Waals surface area contributed by atoms with Crippen LogP contribution in [0, 0.1) is 0 Å². The Balaban J connectivity index is 2.18. The van der Waals surface area contributed by atoms with Crippen LogP contribution in [-0.2, 0) is 4.74 Å². The highest BCUT2D eigenvalue weighted by Crippen LogP contribution is 2.13. The summed E-state index contributed by atoms with van der Waals surface area (Å²) in [5.41, 5.74) is 0.616. The average Bonchev–Trinajstić information content (AvgIpc) is 2.32. The number of carbonyl (C=O) groups is 1. The molecule has 0 aliphatic heterocycles. The van der Waals surface area contributed by atoms with Crippen molar-refractivity contribution in [2.45, 2.75) is 6.92 Å². The Morgan fingerprint density at radius 2 is 2.06 bits per heavy atom. The van der Waals surface area contributed by atoms with Crippen LogP contribution in [0.1, 0.15) is 6.92 Å². The molecule has 4 N–H and O–H groups in total.